The maximum absolute atomic E-state index is 10.9. The monoisotopic (exact) mass is 198 g/mol. The summed E-state index contributed by atoms with van der Waals surface area (Å²) in [4.78, 5) is 10.9. The molecule has 4 N–H and O–H groups in total. The van der Waals surface area contributed by atoms with Gasteiger partial charge in [0.2, 0.25) is 0 Å². The molecule has 0 aromatic carbocycles. The molecule has 1 rings (SSSR count). The average molecular weight is 198 g/mol. The van der Waals surface area contributed by atoms with Crippen LogP contribution >= 0.6 is 0 Å². The molecule has 0 saturated carbocycles. The Labute approximate surface area is 81.9 Å². The van der Waals surface area contributed by atoms with E-state index in [0.717, 1.165) is 5.69 Å². The van der Waals surface area contributed by atoms with Crippen LogP contribution < -0.4 is 16.1 Å². The first-order valence-corrected chi connectivity index (χ1v) is 4.18. The first-order chi connectivity index (χ1) is 6.65. The molecular weight excluding hydrogens is 184 g/mol. The molecule has 6 heteroatoms. The van der Waals surface area contributed by atoms with Crippen LogP contribution in [-0.2, 0) is 0 Å². The first kappa shape index (κ1) is 10.2. The van der Waals surface area contributed by atoms with Crippen LogP contribution in [0.1, 0.15) is 10.5 Å². The fourth-order valence-electron chi connectivity index (χ4n) is 1.34. The Morgan fingerprint density at radius 2 is 2.00 bits per heavy atom. The fraction of sp³-hybridized carbons (Fsp3) is 0.375. The van der Waals surface area contributed by atoms with Gasteiger partial charge in [0.1, 0.15) is 5.82 Å². The summed E-state index contributed by atoms with van der Waals surface area (Å²) in [5.41, 5.74) is 3.70. The number of rotatable bonds is 4. The topological polar surface area (TPSA) is 78.3 Å². The molecular formula is C8H14N4O2. The number of aromatic nitrogens is 1. The summed E-state index contributed by atoms with van der Waals surface area (Å²) in [6, 6.07) is 1.56. The summed E-state index contributed by atoms with van der Waals surface area (Å²) >= 11 is 0. The minimum Gasteiger partial charge on any atom is -0.477 e. The molecule has 0 radical (unpaired) electrons. The molecule has 6 nitrogen and oxygen atoms in total. The molecule has 0 bridgehead atoms. The second-order valence-corrected chi connectivity index (χ2v) is 2.66. The highest BCUT2D eigenvalue weighted by Crippen LogP contribution is 2.24. The molecule has 1 aromatic rings. The average Bonchev–Trinajstić information content (AvgIpc) is 2.54. The van der Waals surface area contributed by atoms with Crippen molar-refractivity contribution in [2.45, 2.75) is 0 Å². The summed E-state index contributed by atoms with van der Waals surface area (Å²) in [6.45, 7) is 0. The number of anilines is 2. The third kappa shape index (κ3) is 1.46. The zero-order chi connectivity index (χ0) is 10.7. The molecule has 78 valence electrons. The quantitative estimate of drug-likeness (QED) is 0.564. The lowest BCUT2D eigenvalue weighted by atomic mass is 10.4. The molecule has 1 heterocycles. The van der Waals surface area contributed by atoms with Crippen molar-refractivity contribution in [2.24, 2.45) is 0 Å². The fourth-order valence-corrected chi connectivity index (χ4v) is 1.34. The molecule has 0 aliphatic heterocycles. The number of carboxylic acid groups (broad SMARTS) is 1. The molecule has 0 saturated heterocycles. The Balaban J connectivity index is 3.31. The highest BCUT2D eigenvalue weighted by molar-refractivity contribution is 5.90. The van der Waals surface area contributed by atoms with Crippen LogP contribution in [0.2, 0.25) is 0 Å². The van der Waals surface area contributed by atoms with E-state index in [1.807, 2.05) is 0 Å². The Hall–Kier alpha value is -1.85. The third-order valence-corrected chi connectivity index (χ3v) is 1.95. The minimum atomic E-state index is -0.975. The molecule has 0 spiro atoms. The maximum Gasteiger partial charge on any atom is 0.354 e. The van der Waals surface area contributed by atoms with E-state index in [0.29, 0.717) is 5.82 Å². The van der Waals surface area contributed by atoms with Gasteiger partial charge in [0, 0.05) is 21.1 Å². The lowest BCUT2D eigenvalue weighted by molar-refractivity contribution is 0.0687. The second kappa shape index (κ2) is 3.91. The number of aromatic carboxylic acids is 1. The molecule has 1 aromatic heterocycles. The van der Waals surface area contributed by atoms with Gasteiger partial charge in [-0.15, -0.1) is 0 Å². The van der Waals surface area contributed by atoms with Gasteiger partial charge < -0.3 is 21.2 Å². The zero-order valence-corrected chi connectivity index (χ0v) is 8.38. The van der Waals surface area contributed by atoms with Crippen LogP contribution in [0, 0.1) is 0 Å². The molecule has 0 atom stereocenters. The maximum atomic E-state index is 10.9. The lowest BCUT2D eigenvalue weighted by Crippen LogP contribution is -2.18. The van der Waals surface area contributed by atoms with Gasteiger partial charge in [-0.05, 0) is 6.07 Å². The minimum absolute atomic E-state index is 0.182. The Morgan fingerprint density at radius 1 is 1.36 bits per heavy atom. The van der Waals surface area contributed by atoms with Crippen molar-refractivity contribution >= 4 is 17.5 Å². The summed E-state index contributed by atoms with van der Waals surface area (Å²) < 4.78 is 1.47. The van der Waals surface area contributed by atoms with E-state index < -0.39 is 5.97 Å². The number of carboxylic acids is 1. The van der Waals surface area contributed by atoms with Gasteiger partial charge in [0.25, 0.3) is 0 Å². The Morgan fingerprint density at radius 3 is 2.36 bits per heavy atom. The predicted octanol–water partition coefficient (Wildman–Crippen LogP) is 0.443. The number of nitrogens with one attached hydrogen (secondary N) is 3. The van der Waals surface area contributed by atoms with Gasteiger partial charge in [-0.3, -0.25) is 0 Å². The largest absolute Gasteiger partial charge is 0.477 e. The van der Waals surface area contributed by atoms with Gasteiger partial charge in [-0.2, -0.15) is 0 Å². The van der Waals surface area contributed by atoms with Crippen molar-refractivity contribution in [1.82, 2.24) is 4.68 Å². The van der Waals surface area contributed by atoms with Crippen LogP contribution in [-0.4, -0.2) is 36.9 Å². The molecule has 0 aliphatic carbocycles. The van der Waals surface area contributed by atoms with Crippen molar-refractivity contribution in [3.63, 3.8) is 0 Å². The molecule has 0 unspecified atom stereocenters. The van der Waals surface area contributed by atoms with Gasteiger partial charge in [0.05, 0.1) is 5.69 Å². The predicted molar refractivity (Wildman–Crippen MR) is 55.8 cm³/mol. The van der Waals surface area contributed by atoms with Crippen molar-refractivity contribution in [2.75, 3.05) is 37.2 Å². The van der Waals surface area contributed by atoms with E-state index in [2.05, 4.69) is 16.1 Å². The molecule has 0 fully saturated rings. The van der Waals surface area contributed by atoms with Crippen LogP contribution in [0.4, 0.5) is 11.5 Å². The highest BCUT2D eigenvalue weighted by atomic mass is 16.4. The molecule has 0 amide bonds. The van der Waals surface area contributed by atoms with Crippen molar-refractivity contribution < 1.29 is 9.90 Å². The smallest absolute Gasteiger partial charge is 0.354 e. The second-order valence-electron chi connectivity index (χ2n) is 2.66. The standard InChI is InChI=1S/C8H14N4O2/c1-9-5-4-6(8(13)14)12(11-3)7(5)10-2/h4,9-11H,1-3H3,(H,13,14). The SMILES string of the molecule is CNc1cc(C(=O)O)n(NC)c1NC. The number of hydrogen-bond donors (Lipinski definition) is 4. The van der Waals surface area contributed by atoms with Crippen molar-refractivity contribution in [1.29, 1.82) is 0 Å². The van der Waals surface area contributed by atoms with E-state index in [1.165, 1.54) is 4.68 Å². The van der Waals surface area contributed by atoms with Gasteiger partial charge in [0.15, 0.2) is 5.69 Å². The number of nitrogens with zero attached hydrogens (tertiary/aromatic N) is 1. The lowest BCUT2D eigenvalue weighted by Gasteiger charge is -2.10. The van der Waals surface area contributed by atoms with Gasteiger partial charge >= 0.3 is 5.97 Å². The van der Waals surface area contributed by atoms with Crippen molar-refractivity contribution in [3.05, 3.63) is 11.8 Å². The van der Waals surface area contributed by atoms with Crippen LogP contribution in [0.5, 0.6) is 0 Å². The summed E-state index contributed by atoms with van der Waals surface area (Å²) in [5.74, 6) is -0.287. The van der Waals surface area contributed by atoms with E-state index in [9.17, 15) is 4.79 Å². The normalized spacial score (nSPS) is 9.64. The Kier molecular flexibility index (Phi) is 2.85. The summed E-state index contributed by atoms with van der Waals surface area (Å²) in [5, 5.41) is 14.7. The van der Waals surface area contributed by atoms with Gasteiger partial charge in [-0.25, -0.2) is 9.47 Å². The van der Waals surface area contributed by atoms with Gasteiger partial charge in [-0.1, -0.05) is 0 Å². The van der Waals surface area contributed by atoms with E-state index in [4.69, 9.17) is 5.11 Å². The zero-order valence-electron chi connectivity index (χ0n) is 8.38. The first-order valence-electron chi connectivity index (χ1n) is 4.18. The molecule has 0 aliphatic rings. The summed E-state index contributed by atoms with van der Waals surface area (Å²) in [7, 11) is 5.13. The number of hydrogen-bond acceptors (Lipinski definition) is 4. The van der Waals surface area contributed by atoms with E-state index in [1.54, 1.807) is 27.2 Å². The van der Waals surface area contributed by atoms with Crippen molar-refractivity contribution in [3.8, 4) is 0 Å². The highest BCUT2D eigenvalue weighted by Gasteiger charge is 2.17. The number of carbonyl (C=O) groups is 1. The Bertz CT molecular complexity index is 345. The van der Waals surface area contributed by atoms with Crippen LogP contribution in [0.25, 0.3) is 0 Å². The summed E-state index contributed by atoms with van der Waals surface area (Å²) in [6.07, 6.45) is 0. The van der Waals surface area contributed by atoms with Crippen LogP contribution in [0.15, 0.2) is 6.07 Å². The van der Waals surface area contributed by atoms with E-state index in [-0.39, 0.29) is 5.69 Å². The molecule has 14 heavy (non-hydrogen) atoms. The van der Waals surface area contributed by atoms with Crippen LogP contribution in [0.3, 0.4) is 0 Å². The third-order valence-electron chi connectivity index (χ3n) is 1.95. The van der Waals surface area contributed by atoms with E-state index >= 15 is 0 Å².